The van der Waals surface area contributed by atoms with Crippen molar-refractivity contribution in [2.45, 2.75) is 155 Å². The molecule has 1 saturated carbocycles. The topological polar surface area (TPSA) is 129 Å². The van der Waals surface area contributed by atoms with E-state index in [4.69, 9.17) is 42.6 Å². The van der Waals surface area contributed by atoms with Crippen molar-refractivity contribution >= 4 is 12.1 Å². The van der Waals surface area contributed by atoms with Gasteiger partial charge in [0.15, 0.2) is 29.4 Å². The number of rotatable bonds is 5. The molecule has 0 aromatic heterocycles. The van der Waals surface area contributed by atoms with Crippen LogP contribution in [0.5, 0.6) is 11.5 Å². The highest BCUT2D eigenvalue weighted by atomic mass is 16.9. The molecule has 0 radical (unpaired) electrons. The molecule has 4 heterocycles. The van der Waals surface area contributed by atoms with Crippen LogP contribution in [0.25, 0.3) is 0 Å². The number of carbonyl (C=O) groups is 2. The van der Waals surface area contributed by atoms with Crippen LogP contribution in [0, 0.1) is 19.8 Å². The first-order chi connectivity index (χ1) is 21.3. The first-order valence-corrected chi connectivity index (χ1v) is 16.4. The third-order valence-corrected chi connectivity index (χ3v) is 9.32. The first kappa shape index (κ1) is 33.3. The highest BCUT2D eigenvalue weighted by molar-refractivity contribution is 5.93. The van der Waals surface area contributed by atoms with Gasteiger partial charge < -0.3 is 47.9 Å². The van der Waals surface area contributed by atoms with Crippen LogP contribution in [-0.4, -0.2) is 78.4 Å². The minimum atomic E-state index is -0.900. The Balaban J connectivity index is 1.10. The second-order valence-electron chi connectivity index (χ2n) is 15.2. The van der Waals surface area contributed by atoms with E-state index in [2.05, 4.69) is 5.32 Å². The summed E-state index contributed by atoms with van der Waals surface area (Å²) in [6.07, 6.45) is 0.0855. The lowest BCUT2D eigenvalue weighted by Crippen LogP contribution is -2.56. The van der Waals surface area contributed by atoms with E-state index in [1.165, 1.54) is 0 Å². The van der Waals surface area contributed by atoms with E-state index < -0.39 is 65.7 Å². The molecule has 12 heteroatoms. The van der Waals surface area contributed by atoms with Crippen LogP contribution >= 0.6 is 0 Å². The van der Waals surface area contributed by atoms with E-state index in [-0.39, 0.29) is 18.6 Å². The molecule has 4 aliphatic heterocycles. The van der Waals surface area contributed by atoms with Gasteiger partial charge in [0.05, 0.1) is 5.56 Å². The van der Waals surface area contributed by atoms with Gasteiger partial charge in [0.1, 0.15) is 36.6 Å². The maximum atomic E-state index is 13.5. The molecule has 1 aliphatic carbocycles. The van der Waals surface area contributed by atoms with Crippen molar-refractivity contribution in [2.24, 2.45) is 5.92 Å². The zero-order valence-corrected chi connectivity index (χ0v) is 28.6. The lowest BCUT2D eigenvalue weighted by molar-refractivity contribution is -0.240. The van der Waals surface area contributed by atoms with Crippen molar-refractivity contribution in [3.05, 3.63) is 22.8 Å². The Morgan fingerprint density at radius 3 is 2.15 bits per heavy atom. The van der Waals surface area contributed by atoms with Crippen LogP contribution in [0.1, 0.15) is 103 Å². The fraction of sp³-hybridized carbons (Fsp3) is 0.765. The predicted molar refractivity (Wildman–Crippen MR) is 163 cm³/mol. The molecule has 3 saturated heterocycles. The molecule has 0 spiro atoms. The van der Waals surface area contributed by atoms with Crippen LogP contribution in [0.3, 0.4) is 0 Å². The molecule has 5 aliphatic rings. The van der Waals surface area contributed by atoms with E-state index in [0.29, 0.717) is 22.6 Å². The quantitative estimate of drug-likeness (QED) is 0.411. The molecule has 12 nitrogen and oxygen atoms in total. The second-order valence-corrected chi connectivity index (χ2v) is 15.2. The average Bonchev–Trinajstić information content (AvgIpc) is 3.58. The van der Waals surface area contributed by atoms with Crippen molar-refractivity contribution < 1.29 is 52.2 Å². The van der Waals surface area contributed by atoms with Gasteiger partial charge in [-0.3, -0.25) is 0 Å². The SMILES string of the molecule is Cc1cc(C(=O)OC[C@H]2O[C@@H]3OC(C)(C)O[C@@H]3[C@H]3OC(C)(C)O[C@H]32)c(C)c2c1O[C@](C)([C@H]1CC[C@H](NC(=O)OC(C)(C)C)CC1)O2. The van der Waals surface area contributed by atoms with E-state index in [1.54, 1.807) is 6.07 Å². The zero-order chi connectivity index (χ0) is 33.4. The van der Waals surface area contributed by atoms with E-state index in [0.717, 1.165) is 31.2 Å². The summed E-state index contributed by atoms with van der Waals surface area (Å²) in [6, 6.07) is 1.81. The Hall–Kier alpha value is -2.64. The van der Waals surface area contributed by atoms with E-state index in [9.17, 15) is 9.59 Å². The van der Waals surface area contributed by atoms with Crippen LogP contribution in [0.4, 0.5) is 4.79 Å². The number of amides is 1. The average molecular weight is 648 g/mol. The van der Waals surface area contributed by atoms with Crippen molar-refractivity contribution in [3.8, 4) is 11.5 Å². The first-order valence-electron chi connectivity index (χ1n) is 16.4. The summed E-state index contributed by atoms with van der Waals surface area (Å²) < 4.78 is 54.9. The van der Waals surface area contributed by atoms with Gasteiger partial charge >= 0.3 is 12.1 Å². The second kappa shape index (κ2) is 11.5. The number of hydrogen-bond acceptors (Lipinski definition) is 11. The van der Waals surface area contributed by atoms with Crippen LogP contribution in [0.2, 0.25) is 0 Å². The van der Waals surface area contributed by atoms with Gasteiger partial charge in [-0.05, 0) is 99.6 Å². The van der Waals surface area contributed by atoms with Crippen LogP contribution in [-0.2, 0) is 33.2 Å². The van der Waals surface area contributed by atoms with Gasteiger partial charge in [-0.2, -0.15) is 0 Å². The highest BCUT2D eigenvalue weighted by Gasteiger charge is 2.61. The van der Waals surface area contributed by atoms with Gasteiger partial charge in [0.25, 0.3) is 5.79 Å². The molecule has 0 bridgehead atoms. The number of ether oxygens (including phenoxy) is 9. The Morgan fingerprint density at radius 1 is 0.870 bits per heavy atom. The van der Waals surface area contributed by atoms with Gasteiger partial charge in [0, 0.05) is 24.4 Å². The predicted octanol–water partition coefficient (Wildman–Crippen LogP) is 5.43. The minimum Gasteiger partial charge on any atom is -0.459 e. The lowest BCUT2D eigenvalue weighted by Gasteiger charge is -2.37. The molecule has 1 amide bonds. The van der Waals surface area contributed by atoms with Gasteiger partial charge in [-0.25, -0.2) is 9.59 Å². The maximum absolute atomic E-state index is 13.5. The lowest BCUT2D eigenvalue weighted by atomic mass is 9.81. The molecular formula is C34H49NO11. The van der Waals surface area contributed by atoms with E-state index in [1.807, 2.05) is 69.2 Å². The Bertz CT molecular complexity index is 1360. The maximum Gasteiger partial charge on any atom is 0.407 e. The van der Waals surface area contributed by atoms with Crippen molar-refractivity contribution in [1.82, 2.24) is 5.32 Å². The molecule has 6 rings (SSSR count). The normalized spacial score (nSPS) is 35.7. The van der Waals surface area contributed by atoms with Gasteiger partial charge in [-0.1, -0.05) is 0 Å². The molecule has 6 atom stereocenters. The fourth-order valence-corrected chi connectivity index (χ4v) is 7.22. The minimum absolute atomic E-state index is 0.0316. The van der Waals surface area contributed by atoms with Crippen LogP contribution < -0.4 is 14.8 Å². The smallest absolute Gasteiger partial charge is 0.407 e. The summed E-state index contributed by atoms with van der Waals surface area (Å²) >= 11 is 0. The number of benzene rings is 1. The number of esters is 1. The van der Waals surface area contributed by atoms with E-state index >= 15 is 0 Å². The summed E-state index contributed by atoms with van der Waals surface area (Å²) in [4.78, 5) is 25.8. The summed E-state index contributed by atoms with van der Waals surface area (Å²) in [5, 5.41) is 2.99. The number of alkyl carbamates (subject to hydrolysis) is 1. The number of hydrogen-bond donors (Lipinski definition) is 1. The number of nitrogens with one attached hydrogen (secondary N) is 1. The van der Waals surface area contributed by atoms with Crippen molar-refractivity contribution in [1.29, 1.82) is 0 Å². The zero-order valence-electron chi connectivity index (χ0n) is 28.6. The molecule has 0 unspecified atom stereocenters. The third-order valence-electron chi connectivity index (χ3n) is 9.32. The molecule has 1 aromatic rings. The monoisotopic (exact) mass is 647 g/mol. The highest BCUT2D eigenvalue weighted by Crippen LogP contribution is 2.50. The van der Waals surface area contributed by atoms with Gasteiger partial charge in [-0.15, -0.1) is 0 Å². The molecular weight excluding hydrogens is 598 g/mol. The Morgan fingerprint density at radius 2 is 1.48 bits per heavy atom. The largest absolute Gasteiger partial charge is 0.459 e. The fourth-order valence-electron chi connectivity index (χ4n) is 7.22. The van der Waals surface area contributed by atoms with Crippen molar-refractivity contribution in [2.75, 3.05) is 6.61 Å². The van der Waals surface area contributed by atoms with Crippen molar-refractivity contribution in [3.63, 3.8) is 0 Å². The molecule has 1 N–H and O–H groups in total. The Labute approximate surface area is 271 Å². The standard InChI is InChI=1S/C34H49NO11/c1-17-15-21(28(36)38-16-22-25-26(41-32(6,7)40-25)27-29(39-22)45-33(8,9)42-27)18(2)24-23(17)43-34(10,44-24)19-11-13-20(14-12-19)35-30(37)46-31(3,4)5/h15,19-20,22,25-27,29H,11-14,16H2,1-10H3,(H,35,37)/t19-,20-,22-,25+,26+,27-,29-,34+/m1/s1. The molecule has 256 valence electrons. The molecule has 4 fully saturated rings. The number of aryl methyl sites for hydroxylation is 1. The van der Waals surface area contributed by atoms with Gasteiger partial charge in [0.2, 0.25) is 0 Å². The molecule has 1 aromatic carbocycles. The summed E-state index contributed by atoms with van der Waals surface area (Å²) in [7, 11) is 0. The molecule has 46 heavy (non-hydrogen) atoms. The Kier molecular flexibility index (Phi) is 8.32. The third kappa shape index (κ3) is 6.56. The summed E-state index contributed by atoms with van der Waals surface area (Å²) in [5.74, 6) is -1.81. The number of fused-ring (bicyclic) bond motifs is 4. The summed E-state index contributed by atoms with van der Waals surface area (Å²) in [6.45, 7) is 18.5. The number of carbonyl (C=O) groups excluding carboxylic acids is 2. The van der Waals surface area contributed by atoms with Crippen LogP contribution in [0.15, 0.2) is 6.07 Å². The summed E-state index contributed by atoms with van der Waals surface area (Å²) in [5.41, 5.74) is 1.27.